The summed E-state index contributed by atoms with van der Waals surface area (Å²) in [6, 6.07) is 0. The molecule has 0 spiro atoms. The molecule has 0 aliphatic heterocycles. The van der Waals surface area contributed by atoms with Crippen molar-refractivity contribution in [1.29, 1.82) is 0 Å². The topological polar surface area (TPSA) is 92.9 Å². The Bertz CT molecular complexity index is 275. The van der Waals surface area contributed by atoms with Crippen molar-refractivity contribution in [2.24, 2.45) is 5.73 Å². The zero-order valence-electron chi connectivity index (χ0n) is 10.9. The minimum absolute atomic E-state index is 0.0948. The Labute approximate surface area is 102 Å². The molecule has 0 saturated heterocycles. The molecule has 0 aromatic rings. The maximum absolute atomic E-state index is 12.0. The van der Waals surface area contributed by atoms with Crippen molar-refractivity contribution < 1.29 is 19.4 Å². The van der Waals surface area contributed by atoms with E-state index in [0.29, 0.717) is 6.54 Å². The number of carboxylic acids is 1. The molecule has 0 radical (unpaired) electrons. The number of rotatable bonds is 7. The van der Waals surface area contributed by atoms with Gasteiger partial charge in [-0.1, -0.05) is 0 Å². The molecule has 0 fully saturated rings. The van der Waals surface area contributed by atoms with Gasteiger partial charge in [0.25, 0.3) is 0 Å². The molecule has 0 saturated carbocycles. The van der Waals surface area contributed by atoms with Crippen LogP contribution in [0.1, 0.15) is 27.2 Å². The van der Waals surface area contributed by atoms with Gasteiger partial charge in [-0.2, -0.15) is 0 Å². The number of aliphatic carboxylic acids is 1. The molecule has 0 aromatic heterocycles. The number of nitrogens with two attached hydrogens (primary N) is 1. The minimum Gasteiger partial charge on any atom is -0.480 e. The molecule has 3 N–H and O–H groups in total. The molecule has 6 heteroatoms. The minimum atomic E-state index is -1.22. The Kier molecular flexibility index (Phi) is 6.12. The first-order valence-electron chi connectivity index (χ1n) is 5.57. The van der Waals surface area contributed by atoms with Gasteiger partial charge in [-0.25, -0.2) is 4.79 Å². The van der Waals surface area contributed by atoms with Gasteiger partial charge in [0.05, 0.1) is 12.5 Å². The number of ether oxygens (including phenoxy) is 1. The fourth-order valence-electron chi connectivity index (χ4n) is 1.57. The molecule has 0 bridgehead atoms. The van der Waals surface area contributed by atoms with E-state index in [-0.39, 0.29) is 25.0 Å². The van der Waals surface area contributed by atoms with E-state index < -0.39 is 11.5 Å². The average molecular weight is 246 g/mol. The largest absolute Gasteiger partial charge is 0.480 e. The summed E-state index contributed by atoms with van der Waals surface area (Å²) in [5, 5.41) is 9.09. The normalized spacial score (nSPS) is 13.2. The van der Waals surface area contributed by atoms with Crippen LogP contribution in [0.2, 0.25) is 0 Å². The Hall–Kier alpha value is -1.14. The van der Waals surface area contributed by atoms with E-state index in [4.69, 9.17) is 15.6 Å². The molecular formula is C11H22N2O4. The molecule has 1 atom stereocenters. The fourth-order valence-corrected chi connectivity index (χ4v) is 1.57. The molecule has 0 aliphatic rings. The second-order valence-corrected chi connectivity index (χ2v) is 4.30. The summed E-state index contributed by atoms with van der Waals surface area (Å²) in [5.74, 6) is -1.30. The van der Waals surface area contributed by atoms with Gasteiger partial charge >= 0.3 is 5.97 Å². The van der Waals surface area contributed by atoms with Crippen molar-refractivity contribution in [2.75, 3.05) is 20.2 Å². The molecule has 17 heavy (non-hydrogen) atoms. The highest BCUT2D eigenvalue weighted by atomic mass is 16.5. The summed E-state index contributed by atoms with van der Waals surface area (Å²) in [6.45, 7) is 5.31. The number of carbonyl (C=O) groups excluding carboxylic acids is 1. The summed E-state index contributed by atoms with van der Waals surface area (Å²) in [4.78, 5) is 24.4. The maximum Gasteiger partial charge on any atom is 0.329 e. The van der Waals surface area contributed by atoms with Gasteiger partial charge in [0, 0.05) is 20.2 Å². The first-order chi connectivity index (χ1) is 7.81. The zero-order valence-corrected chi connectivity index (χ0v) is 10.9. The molecule has 100 valence electrons. The van der Waals surface area contributed by atoms with E-state index in [1.165, 1.54) is 25.9 Å². The SMILES string of the molecule is CCN(C(=O)CC(CN)OC)C(C)(C)C(=O)O. The molecule has 0 heterocycles. The molecular weight excluding hydrogens is 224 g/mol. The number of amides is 1. The third kappa shape index (κ3) is 3.98. The third-order valence-corrected chi connectivity index (χ3v) is 2.81. The standard InChI is InChI=1S/C11H22N2O4/c1-5-13(11(2,3)10(15)16)9(14)6-8(7-12)17-4/h8H,5-7,12H2,1-4H3,(H,15,16). The van der Waals surface area contributed by atoms with Gasteiger partial charge in [0.2, 0.25) is 5.91 Å². The summed E-state index contributed by atoms with van der Waals surface area (Å²) in [7, 11) is 1.48. The van der Waals surface area contributed by atoms with Crippen molar-refractivity contribution in [3.05, 3.63) is 0 Å². The Morgan fingerprint density at radius 1 is 1.47 bits per heavy atom. The zero-order chi connectivity index (χ0) is 13.6. The van der Waals surface area contributed by atoms with Crippen LogP contribution in [0, 0.1) is 0 Å². The van der Waals surface area contributed by atoms with Crippen LogP contribution in [0.25, 0.3) is 0 Å². The second-order valence-electron chi connectivity index (χ2n) is 4.30. The van der Waals surface area contributed by atoms with Gasteiger partial charge in [-0.15, -0.1) is 0 Å². The lowest BCUT2D eigenvalue weighted by atomic mass is 10.0. The molecule has 0 aromatic carbocycles. The summed E-state index contributed by atoms with van der Waals surface area (Å²) in [6.07, 6.45) is -0.279. The summed E-state index contributed by atoms with van der Waals surface area (Å²) < 4.78 is 5.02. The Balaban J connectivity index is 4.78. The number of carbonyl (C=O) groups is 2. The van der Waals surface area contributed by atoms with Crippen LogP contribution in [0.3, 0.4) is 0 Å². The number of hydrogen-bond donors (Lipinski definition) is 2. The third-order valence-electron chi connectivity index (χ3n) is 2.81. The highest BCUT2D eigenvalue weighted by Crippen LogP contribution is 2.16. The molecule has 0 aliphatic carbocycles. The second kappa shape index (κ2) is 6.56. The summed E-state index contributed by atoms with van der Waals surface area (Å²) >= 11 is 0. The molecule has 1 unspecified atom stereocenters. The first kappa shape index (κ1) is 15.9. The van der Waals surface area contributed by atoms with Gasteiger partial charge in [-0.05, 0) is 20.8 Å². The van der Waals surface area contributed by atoms with E-state index in [2.05, 4.69) is 0 Å². The van der Waals surface area contributed by atoms with Crippen LogP contribution in [0.15, 0.2) is 0 Å². The van der Waals surface area contributed by atoms with E-state index in [9.17, 15) is 9.59 Å². The number of hydrogen-bond acceptors (Lipinski definition) is 4. The Morgan fingerprint density at radius 3 is 2.29 bits per heavy atom. The van der Waals surface area contributed by atoms with E-state index >= 15 is 0 Å². The summed E-state index contributed by atoms with van der Waals surface area (Å²) in [5.41, 5.74) is 4.21. The molecule has 1 amide bonds. The van der Waals surface area contributed by atoms with Crippen LogP contribution < -0.4 is 5.73 Å². The first-order valence-corrected chi connectivity index (χ1v) is 5.57. The van der Waals surface area contributed by atoms with Gasteiger partial charge in [-0.3, -0.25) is 4.79 Å². The van der Waals surface area contributed by atoms with E-state index in [1.54, 1.807) is 6.92 Å². The highest BCUT2D eigenvalue weighted by Gasteiger charge is 2.37. The molecule has 6 nitrogen and oxygen atoms in total. The van der Waals surface area contributed by atoms with Gasteiger partial charge in [0.15, 0.2) is 0 Å². The number of methoxy groups -OCH3 is 1. The highest BCUT2D eigenvalue weighted by molar-refractivity contribution is 5.86. The van der Waals surface area contributed by atoms with Crippen LogP contribution in [-0.2, 0) is 14.3 Å². The van der Waals surface area contributed by atoms with Crippen molar-refractivity contribution in [1.82, 2.24) is 4.90 Å². The average Bonchev–Trinajstić information content (AvgIpc) is 2.26. The van der Waals surface area contributed by atoms with Crippen molar-refractivity contribution in [2.45, 2.75) is 38.8 Å². The van der Waals surface area contributed by atoms with Crippen LogP contribution in [-0.4, -0.2) is 53.7 Å². The number of carboxylic acid groups (broad SMARTS) is 1. The van der Waals surface area contributed by atoms with Gasteiger partial charge in [0.1, 0.15) is 5.54 Å². The lowest BCUT2D eigenvalue weighted by Gasteiger charge is -2.35. The quantitative estimate of drug-likeness (QED) is 0.662. The van der Waals surface area contributed by atoms with Crippen LogP contribution >= 0.6 is 0 Å². The van der Waals surface area contributed by atoms with Crippen LogP contribution in [0.4, 0.5) is 0 Å². The number of likely N-dealkylation sites (N-methyl/N-ethyl adjacent to an activating group) is 1. The fraction of sp³-hybridized carbons (Fsp3) is 0.818. The predicted octanol–water partition coefficient (Wildman–Crippen LogP) is 0.0619. The van der Waals surface area contributed by atoms with E-state index in [1.807, 2.05) is 0 Å². The maximum atomic E-state index is 12.0. The Morgan fingerprint density at radius 2 is 2.00 bits per heavy atom. The number of nitrogens with zero attached hydrogens (tertiary/aromatic N) is 1. The predicted molar refractivity (Wildman–Crippen MR) is 63.6 cm³/mol. The lowest BCUT2D eigenvalue weighted by Crippen LogP contribution is -2.53. The van der Waals surface area contributed by atoms with Crippen molar-refractivity contribution in [3.63, 3.8) is 0 Å². The smallest absolute Gasteiger partial charge is 0.329 e. The monoisotopic (exact) mass is 246 g/mol. The van der Waals surface area contributed by atoms with Crippen LogP contribution in [0.5, 0.6) is 0 Å². The van der Waals surface area contributed by atoms with E-state index in [0.717, 1.165) is 0 Å². The molecule has 0 rings (SSSR count). The lowest BCUT2D eigenvalue weighted by molar-refractivity contribution is -0.157. The van der Waals surface area contributed by atoms with Crippen molar-refractivity contribution >= 4 is 11.9 Å². The van der Waals surface area contributed by atoms with Gasteiger partial charge < -0.3 is 20.5 Å². The van der Waals surface area contributed by atoms with Crippen molar-refractivity contribution in [3.8, 4) is 0 Å².